The van der Waals surface area contributed by atoms with Crippen molar-refractivity contribution in [1.29, 1.82) is 0 Å². The minimum Gasteiger partial charge on any atom is -0.322 e. The maximum atomic E-state index is 12.6. The number of nitrogens with one attached hydrogen (secondary N) is 1. The van der Waals surface area contributed by atoms with E-state index >= 15 is 0 Å². The fraction of sp³-hybridized carbons (Fsp3) is 0.0476. The zero-order chi connectivity index (χ0) is 16.9. The van der Waals surface area contributed by atoms with E-state index in [4.69, 9.17) is 0 Å². The molecule has 0 radical (unpaired) electrons. The first-order valence-corrected chi connectivity index (χ1v) is 7.70. The van der Waals surface area contributed by atoms with Gasteiger partial charge in [0.05, 0.1) is 0 Å². The lowest BCUT2D eigenvalue weighted by Crippen LogP contribution is -2.13. The van der Waals surface area contributed by atoms with Crippen molar-refractivity contribution < 1.29 is 9.59 Å². The predicted molar refractivity (Wildman–Crippen MR) is 96.4 cm³/mol. The summed E-state index contributed by atoms with van der Waals surface area (Å²) in [5.41, 5.74) is 4.91. The van der Waals surface area contributed by atoms with Gasteiger partial charge in [0.2, 0.25) is 0 Å². The maximum Gasteiger partial charge on any atom is 0.256 e. The Morgan fingerprint density at radius 2 is 1.54 bits per heavy atom. The number of hydrogen-bond donors (Lipinski definition) is 1. The molecule has 3 rings (SSSR count). The van der Waals surface area contributed by atoms with Gasteiger partial charge in [-0.1, -0.05) is 48.0 Å². The summed E-state index contributed by atoms with van der Waals surface area (Å²) in [5.74, 6) is -0.176. The van der Waals surface area contributed by atoms with E-state index < -0.39 is 0 Å². The van der Waals surface area contributed by atoms with Crippen molar-refractivity contribution >= 4 is 17.9 Å². The van der Waals surface area contributed by atoms with Crippen LogP contribution in [-0.4, -0.2) is 12.2 Å². The van der Waals surface area contributed by atoms with Crippen LogP contribution < -0.4 is 5.32 Å². The fourth-order valence-corrected chi connectivity index (χ4v) is 2.51. The van der Waals surface area contributed by atoms with Crippen molar-refractivity contribution in [3.63, 3.8) is 0 Å². The Morgan fingerprint density at radius 3 is 2.21 bits per heavy atom. The molecule has 1 amide bonds. The van der Waals surface area contributed by atoms with Crippen molar-refractivity contribution in [3.8, 4) is 11.1 Å². The monoisotopic (exact) mass is 315 g/mol. The van der Waals surface area contributed by atoms with Crippen molar-refractivity contribution in [3.05, 3.63) is 89.5 Å². The van der Waals surface area contributed by atoms with Crippen LogP contribution in [0.3, 0.4) is 0 Å². The molecule has 3 aromatic carbocycles. The molecule has 24 heavy (non-hydrogen) atoms. The van der Waals surface area contributed by atoms with Gasteiger partial charge in [0.15, 0.2) is 0 Å². The molecule has 0 heterocycles. The van der Waals surface area contributed by atoms with Crippen molar-refractivity contribution in [2.24, 2.45) is 0 Å². The van der Waals surface area contributed by atoms with Gasteiger partial charge < -0.3 is 5.32 Å². The molecule has 0 aliphatic heterocycles. The highest BCUT2D eigenvalue weighted by Gasteiger charge is 2.12. The van der Waals surface area contributed by atoms with Crippen LogP contribution >= 0.6 is 0 Å². The van der Waals surface area contributed by atoms with E-state index in [1.165, 1.54) is 5.56 Å². The highest BCUT2D eigenvalue weighted by Crippen LogP contribution is 2.25. The number of hydrogen-bond acceptors (Lipinski definition) is 2. The molecule has 0 fully saturated rings. The average Bonchev–Trinajstić information content (AvgIpc) is 2.63. The summed E-state index contributed by atoms with van der Waals surface area (Å²) < 4.78 is 0. The number of amides is 1. The third-order valence-corrected chi connectivity index (χ3v) is 3.84. The zero-order valence-corrected chi connectivity index (χ0v) is 13.3. The number of carbonyl (C=O) groups excluding carboxylic acids is 2. The minimum atomic E-state index is -0.176. The van der Waals surface area contributed by atoms with E-state index in [0.717, 1.165) is 17.4 Å². The lowest BCUT2D eigenvalue weighted by atomic mass is 9.98. The lowest BCUT2D eigenvalue weighted by Gasteiger charge is -2.11. The summed E-state index contributed by atoms with van der Waals surface area (Å²) in [6.07, 6.45) is 0.776. The van der Waals surface area contributed by atoms with Crippen molar-refractivity contribution in [2.75, 3.05) is 5.32 Å². The van der Waals surface area contributed by atoms with Gasteiger partial charge in [-0.15, -0.1) is 0 Å². The number of rotatable bonds is 4. The number of aldehydes is 1. The molecule has 0 saturated heterocycles. The zero-order valence-electron chi connectivity index (χ0n) is 13.3. The molecule has 1 N–H and O–H groups in total. The van der Waals surface area contributed by atoms with Gasteiger partial charge >= 0.3 is 0 Å². The highest BCUT2D eigenvalue weighted by atomic mass is 16.1. The minimum absolute atomic E-state index is 0.176. The first-order chi connectivity index (χ1) is 11.7. The molecule has 0 spiro atoms. The van der Waals surface area contributed by atoms with Crippen LogP contribution in [0.4, 0.5) is 5.69 Å². The molecular formula is C21H17NO2. The summed E-state index contributed by atoms with van der Waals surface area (Å²) >= 11 is 0. The Balaban J connectivity index is 1.89. The van der Waals surface area contributed by atoms with Gasteiger partial charge in [0.1, 0.15) is 6.29 Å². The molecule has 0 unspecified atom stereocenters. The second-order valence-corrected chi connectivity index (χ2v) is 5.61. The number of aryl methyl sites for hydroxylation is 1. The topological polar surface area (TPSA) is 46.2 Å². The first-order valence-electron chi connectivity index (χ1n) is 7.70. The van der Waals surface area contributed by atoms with Crippen LogP contribution in [0.5, 0.6) is 0 Å². The standard InChI is InChI=1S/C21H17NO2/c1-15-6-10-17(11-7-15)19-4-2-3-5-20(19)21(24)22-18-12-8-16(14-23)9-13-18/h2-14H,1H3,(H,22,24). The van der Waals surface area contributed by atoms with Gasteiger partial charge in [-0.05, 0) is 48.4 Å². The Hall–Kier alpha value is -3.20. The van der Waals surface area contributed by atoms with E-state index in [1.807, 2.05) is 55.5 Å². The summed E-state index contributed by atoms with van der Waals surface area (Å²) in [5, 5.41) is 2.88. The fourth-order valence-electron chi connectivity index (χ4n) is 2.51. The van der Waals surface area contributed by atoms with Gasteiger partial charge in [0, 0.05) is 16.8 Å². The smallest absolute Gasteiger partial charge is 0.256 e. The normalized spacial score (nSPS) is 10.2. The molecule has 0 bridgehead atoms. The summed E-state index contributed by atoms with van der Waals surface area (Å²) in [7, 11) is 0. The third kappa shape index (κ3) is 3.41. The van der Waals surface area contributed by atoms with E-state index in [9.17, 15) is 9.59 Å². The molecule has 0 aliphatic carbocycles. The van der Waals surface area contributed by atoms with Gasteiger partial charge in [-0.2, -0.15) is 0 Å². The van der Waals surface area contributed by atoms with Gasteiger partial charge in [0.25, 0.3) is 5.91 Å². The van der Waals surface area contributed by atoms with Crippen LogP contribution in [0.1, 0.15) is 26.3 Å². The Labute approximate surface area is 141 Å². The van der Waals surface area contributed by atoms with E-state index in [-0.39, 0.29) is 5.91 Å². The quantitative estimate of drug-likeness (QED) is 0.708. The molecule has 0 atom stereocenters. The van der Waals surface area contributed by atoms with Gasteiger partial charge in [-0.3, -0.25) is 9.59 Å². The SMILES string of the molecule is Cc1ccc(-c2ccccc2C(=O)Nc2ccc(C=O)cc2)cc1. The molecule has 118 valence electrons. The Morgan fingerprint density at radius 1 is 0.875 bits per heavy atom. The molecule has 3 aromatic rings. The second-order valence-electron chi connectivity index (χ2n) is 5.61. The summed E-state index contributed by atoms with van der Waals surface area (Å²) in [6.45, 7) is 2.03. The highest BCUT2D eigenvalue weighted by molar-refractivity contribution is 6.08. The number of anilines is 1. The largest absolute Gasteiger partial charge is 0.322 e. The molecular weight excluding hydrogens is 298 g/mol. The number of carbonyl (C=O) groups is 2. The predicted octanol–water partition coefficient (Wildman–Crippen LogP) is 4.73. The first kappa shape index (κ1) is 15.7. The third-order valence-electron chi connectivity index (χ3n) is 3.84. The Bertz CT molecular complexity index is 865. The molecule has 3 heteroatoms. The van der Waals surface area contributed by atoms with Crippen molar-refractivity contribution in [1.82, 2.24) is 0 Å². The van der Waals surface area contributed by atoms with Crippen LogP contribution in [0.25, 0.3) is 11.1 Å². The lowest BCUT2D eigenvalue weighted by molar-refractivity contribution is 0.102. The average molecular weight is 315 g/mol. The molecule has 0 aromatic heterocycles. The van der Waals surface area contributed by atoms with E-state index in [2.05, 4.69) is 5.32 Å². The molecule has 3 nitrogen and oxygen atoms in total. The van der Waals surface area contributed by atoms with Crippen molar-refractivity contribution in [2.45, 2.75) is 6.92 Å². The van der Waals surface area contributed by atoms with Gasteiger partial charge in [-0.25, -0.2) is 0 Å². The van der Waals surface area contributed by atoms with Crippen LogP contribution in [0.2, 0.25) is 0 Å². The number of benzene rings is 3. The van der Waals surface area contributed by atoms with Crippen LogP contribution in [-0.2, 0) is 0 Å². The summed E-state index contributed by atoms with van der Waals surface area (Å²) in [6, 6.07) is 22.4. The van der Waals surface area contributed by atoms with E-state index in [1.54, 1.807) is 24.3 Å². The summed E-state index contributed by atoms with van der Waals surface area (Å²) in [4.78, 5) is 23.3. The van der Waals surface area contributed by atoms with Crippen LogP contribution in [0.15, 0.2) is 72.8 Å². The maximum absolute atomic E-state index is 12.6. The van der Waals surface area contributed by atoms with E-state index in [0.29, 0.717) is 16.8 Å². The Kier molecular flexibility index (Phi) is 4.52. The molecule has 0 aliphatic rings. The molecule has 0 saturated carbocycles. The van der Waals surface area contributed by atoms with Crippen LogP contribution in [0, 0.1) is 6.92 Å². The second kappa shape index (κ2) is 6.92.